The number of carbonyl (C=O) groups is 3. The number of benzene rings is 6. The molecule has 0 spiro atoms. The van der Waals surface area contributed by atoms with E-state index in [9.17, 15) is 19.5 Å². The molecule has 9 rings (SSSR count). The summed E-state index contributed by atoms with van der Waals surface area (Å²) in [6, 6.07) is 58.4. The highest BCUT2D eigenvalue weighted by atomic mass is 35.5. The quantitative estimate of drug-likeness (QED) is 0.0306. The molecule has 2 saturated heterocycles. The van der Waals surface area contributed by atoms with E-state index in [1.165, 1.54) is 28.0 Å². The number of amides is 2. The van der Waals surface area contributed by atoms with Crippen LogP contribution in [0.25, 0.3) is 0 Å². The summed E-state index contributed by atoms with van der Waals surface area (Å²) < 4.78 is 0. The van der Waals surface area contributed by atoms with E-state index in [-0.39, 0.29) is 29.6 Å². The zero-order chi connectivity index (χ0) is 44.2. The van der Waals surface area contributed by atoms with Crippen LogP contribution in [0.3, 0.4) is 0 Å². The molecule has 1 unspecified atom stereocenters. The van der Waals surface area contributed by atoms with Crippen LogP contribution < -0.4 is 10.6 Å². The molecule has 2 fully saturated rings. The fraction of sp³-hybridized carbons (Fsp3) is 0.157. The third kappa shape index (κ3) is 7.71. The Labute approximate surface area is 384 Å². The Morgan fingerprint density at radius 2 is 1.17 bits per heavy atom. The lowest BCUT2D eigenvalue weighted by Crippen LogP contribution is -2.74. The number of carbonyl (C=O) groups excluding carboxylic acids is 2. The standard InChI is InChI=1S/C51H42ClN5O5S2/c52-32-49(47(60)61)33-57-45(59)43(46(57)64-34-49)54-44(58)42(56-62-51(38-25-13-4-14-26-38,39-27-15-5-16-28-39)40-29-17-6-18-30-40)41-31-63-48(53-41)55-50(35-19-7-1-8-20-35,36-21-9-2-10-22-36)37-23-11-3-12-24-37/h1-31,43,46H,32-34H2,(H,53,55)(H,54,58)(H,60,61)/t43-,46-,49?/m1/s1. The molecule has 64 heavy (non-hydrogen) atoms. The number of β-lactam (4-membered cyclic amide) rings is 1. The summed E-state index contributed by atoms with van der Waals surface area (Å²) in [6.45, 7) is -0.0559. The smallest absolute Gasteiger partial charge is 0.313 e. The van der Waals surface area contributed by atoms with Crippen molar-refractivity contribution in [3.05, 3.63) is 226 Å². The lowest BCUT2D eigenvalue weighted by atomic mass is 9.77. The van der Waals surface area contributed by atoms with Crippen molar-refractivity contribution in [2.24, 2.45) is 10.6 Å². The second kappa shape index (κ2) is 18.2. The van der Waals surface area contributed by atoms with E-state index in [2.05, 4.69) is 47.0 Å². The fourth-order valence-electron chi connectivity index (χ4n) is 8.48. The van der Waals surface area contributed by atoms with Crippen LogP contribution in [-0.4, -0.2) is 68.1 Å². The molecule has 13 heteroatoms. The van der Waals surface area contributed by atoms with Crippen molar-refractivity contribution in [1.82, 2.24) is 15.2 Å². The maximum absolute atomic E-state index is 14.9. The number of carboxylic acid groups (broad SMARTS) is 1. The number of aromatic nitrogens is 1. The zero-order valence-corrected chi connectivity index (χ0v) is 36.7. The van der Waals surface area contributed by atoms with E-state index in [0.717, 1.165) is 33.4 Å². The number of nitrogens with one attached hydrogen (secondary N) is 2. The van der Waals surface area contributed by atoms with Gasteiger partial charge < -0.3 is 25.5 Å². The average molecular weight is 905 g/mol. The Morgan fingerprint density at radius 3 is 1.59 bits per heavy atom. The number of hydrogen-bond acceptors (Lipinski definition) is 9. The molecular weight excluding hydrogens is 862 g/mol. The van der Waals surface area contributed by atoms with E-state index in [4.69, 9.17) is 26.6 Å². The lowest BCUT2D eigenvalue weighted by Gasteiger charge is -2.53. The number of halogens is 1. The van der Waals surface area contributed by atoms with Gasteiger partial charge in [0.1, 0.15) is 28.1 Å². The van der Waals surface area contributed by atoms with Gasteiger partial charge in [-0.05, 0) is 16.7 Å². The van der Waals surface area contributed by atoms with Crippen LogP contribution in [0.15, 0.2) is 193 Å². The highest BCUT2D eigenvalue weighted by molar-refractivity contribution is 8.00. The highest BCUT2D eigenvalue weighted by Crippen LogP contribution is 2.45. The van der Waals surface area contributed by atoms with Gasteiger partial charge in [0, 0.05) is 40.2 Å². The van der Waals surface area contributed by atoms with Crippen LogP contribution in [0.5, 0.6) is 0 Å². The summed E-state index contributed by atoms with van der Waals surface area (Å²) >= 11 is 8.74. The lowest BCUT2D eigenvalue weighted by molar-refractivity contribution is -0.157. The van der Waals surface area contributed by atoms with Crippen molar-refractivity contribution in [2.45, 2.75) is 22.6 Å². The molecule has 10 nitrogen and oxygen atoms in total. The van der Waals surface area contributed by atoms with Crippen LogP contribution in [0.2, 0.25) is 0 Å². The van der Waals surface area contributed by atoms with Gasteiger partial charge in [-0.1, -0.05) is 187 Å². The first-order chi connectivity index (χ1) is 31.3. The number of aliphatic carboxylic acids is 1. The normalized spacial score (nSPS) is 18.6. The molecule has 2 aliphatic heterocycles. The molecule has 0 aliphatic carbocycles. The molecule has 3 heterocycles. The van der Waals surface area contributed by atoms with Crippen LogP contribution in [0.4, 0.5) is 5.13 Å². The topological polar surface area (TPSA) is 133 Å². The number of thiazole rings is 1. The summed E-state index contributed by atoms with van der Waals surface area (Å²) in [5.41, 5.74) is 1.72. The van der Waals surface area contributed by atoms with Crippen molar-refractivity contribution in [2.75, 3.05) is 23.5 Å². The maximum atomic E-state index is 14.9. The number of alkyl halides is 1. The molecule has 2 aliphatic rings. The van der Waals surface area contributed by atoms with Gasteiger partial charge in [0.15, 0.2) is 10.8 Å². The minimum absolute atomic E-state index is 0.0559. The monoisotopic (exact) mass is 903 g/mol. The van der Waals surface area contributed by atoms with Crippen molar-refractivity contribution in [3.63, 3.8) is 0 Å². The number of thioether (sulfide) groups is 1. The number of oxime groups is 1. The van der Waals surface area contributed by atoms with Crippen LogP contribution in [-0.2, 0) is 30.4 Å². The van der Waals surface area contributed by atoms with Crippen molar-refractivity contribution >= 4 is 63.3 Å². The van der Waals surface area contributed by atoms with Gasteiger partial charge >= 0.3 is 5.97 Å². The molecule has 0 saturated carbocycles. The van der Waals surface area contributed by atoms with E-state index in [0.29, 0.717) is 5.13 Å². The van der Waals surface area contributed by atoms with E-state index >= 15 is 0 Å². The average Bonchev–Trinajstić information content (AvgIpc) is 3.82. The molecule has 2 amide bonds. The number of carboxylic acids is 1. The van der Waals surface area contributed by atoms with Gasteiger partial charge in [-0.3, -0.25) is 14.4 Å². The van der Waals surface area contributed by atoms with E-state index < -0.39 is 45.8 Å². The van der Waals surface area contributed by atoms with Gasteiger partial charge in [-0.15, -0.1) is 34.7 Å². The summed E-state index contributed by atoms with van der Waals surface area (Å²) in [5, 5.41) is 23.2. The first kappa shape index (κ1) is 42.6. The Bertz CT molecular complexity index is 2570. The Morgan fingerprint density at radius 1 is 0.734 bits per heavy atom. The predicted octanol–water partition coefficient (Wildman–Crippen LogP) is 8.97. The van der Waals surface area contributed by atoms with Crippen LogP contribution in [0, 0.1) is 5.41 Å². The Balaban J connectivity index is 1.15. The molecule has 1 aromatic heterocycles. The number of rotatable bonds is 15. The zero-order valence-electron chi connectivity index (χ0n) is 34.3. The molecule has 3 N–H and O–H groups in total. The van der Waals surface area contributed by atoms with E-state index in [1.54, 1.807) is 5.38 Å². The fourth-order valence-corrected chi connectivity index (χ4v) is 11.2. The number of nitrogens with zero attached hydrogens (tertiary/aromatic N) is 3. The molecule has 3 atom stereocenters. The summed E-state index contributed by atoms with van der Waals surface area (Å²) in [5.74, 6) is -2.14. The SMILES string of the molecule is O=C(N[C@@H]1C(=O)N2CC(CCl)(C(=O)O)CS[C@H]12)C(=NOC(c1ccccc1)(c1ccccc1)c1ccccc1)c1csc(NC(c2ccccc2)(c2ccccc2)c2ccccc2)n1. The molecule has 0 radical (unpaired) electrons. The molecular formula is C51H42ClN5O5S2. The van der Waals surface area contributed by atoms with Gasteiger partial charge in [0.25, 0.3) is 5.91 Å². The number of hydrogen-bond donors (Lipinski definition) is 3. The Kier molecular flexibility index (Phi) is 12.1. The van der Waals surface area contributed by atoms with Crippen molar-refractivity contribution in [3.8, 4) is 0 Å². The number of fused-ring (bicyclic) bond motifs is 1. The maximum Gasteiger partial charge on any atom is 0.313 e. The second-order valence-electron chi connectivity index (χ2n) is 15.7. The second-order valence-corrected chi connectivity index (χ2v) is 17.9. The molecule has 0 bridgehead atoms. The van der Waals surface area contributed by atoms with Gasteiger partial charge in [0.2, 0.25) is 11.5 Å². The van der Waals surface area contributed by atoms with Gasteiger partial charge in [0.05, 0.1) is 0 Å². The molecule has 7 aromatic rings. The molecule has 320 valence electrons. The summed E-state index contributed by atoms with van der Waals surface area (Å²) in [4.78, 5) is 54.2. The molecule has 6 aromatic carbocycles. The summed E-state index contributed by atoms with van der Waals surface area (Å²) in [7, 11) is 0. The van der Waals surface area contributed by atoms with E-state index in [1.807, 2.05) is 146 Å². The minimum atomic E-state index is -1.33. The summed E-state index contributed by atoms with van der Waals surface area (Å²) in [6.07, 6.45) is 0. The first-order valence-corrected chi connectivity index (χ1v) is 23.1. The van der Waals surface area contributed by atoms with Crippen molar-refractivity contribution < 1.29 is 24.3 Å². The van der Waals surface area contributed by atoms with Crippen molar-refractivity contribution in [1.29, 1.82) is 0 Å². The predicted molar refractivity (Wildman–Crippen MR) is 252 cm³/mol. The van der Waals surface area contributed by atoms with Crippen LogP contribution >= 0.6 is 34.7 Å². The van der Waals surface area contributed by atoms with Gasteiger partial charge in [-0.2, -0.15) is 0 Å². The highest BCUT2D eigenvalue weighted by Gasteiger charge is 2.57. The van der Waals surface area contributed by atoms with Gasteiger partial charge in [-0.25, -0.2) is 4.98 Å². The Hall–Kier alpha value is -6.73. The largest absolute Gasteiger partial charge is 0.481 e. The first-order valence-electron chi connectivity index (χ1n) is 20.6. The third-order valence-corrected chi connectivity index (χ3v) is 14.7. The number of anilines is 1. The van der Waals surface area contributed by atoms with Crippen LogP contribution in [0.1, 0.15) is 39.1 Å². The minimum Gasteiger partial charge on any atom is -0.481 e. The third-order valence-electron chi connectivity index (χ3n) is 11.8.